The molecule has 83 heavy (non-hydrogen) atoms. The molecule has 0 rings (SSSR count). The predicted molar refractivity (Wildman–Crippen MR) is 387 cm³/mol. The van der Waals surface area contributed by atoms with Gasteiger partial charge in [0.25, 0.3) is 0 Å². The Balaban J connectivity index is 5.74. The first-order valence-electron chi connectivity index (χ1n) is 40.2. The molecule has 0 aromatic rings. The molecule has 0 heterocycles. The van der Waals surface area contributed by atoms with Crippen LogP contribution in [0.3, 0.4) is 0 Å². The maximum Gasteiger partial charge on any atom is 0.179 e. The number of hydrogen-bond donors (Lipinski definition) is 2. The van der Waals surface area contributed by atoms with Gasteiger partial charge in [-0.15, -0.1) is 0 Å². The van der Waals surface area contributed by atoms with Gasteiger partial charge in [0.05, 0.1) is 0 Å². The maximum absolute atomic E-state index is 8.49. The van der Waals surface area contributed by atoms with Crippen LogP contribution in [0.5, 0.6) is 0 Å². The summed E-state index contributed by atoms with van der Waals surface area (Å²) in [6, 6.07) is 8.32. The van der Waals surface area contributed by atoms with Crippen LogP contribution in [-0.4, -0.2) is 29.7 Å². The Bertz CT molecular complexity index is 994. The summed E-state index contributed by atoms with van der Waals surface area (Å²) in [7, 11) is -3.99. The first kappa shape index (κ1) is 83.3. The van der Waals surface area contributed by atoms with Gasteiger partial charge in [-0.3, -0.25) is 0 Å². The number of hydrogen-bond acceptors (Lipinski definition) is 3. The fourth-order valence-electron chi connectivity index (χ4n) is 14.3. The highest BCUT2D eigenvalue weighted by Crippen LogP contribution is 2.40. The SMILES string of the molecule is CCCCCCCCCCCCCCCCCC[Si](CCCN)(CCCCCCCCCCCCCCCCCC)O[Si](CCCN)(CCCCCCCCCCCCCCCCCC)CCCCCCCCCCCCCCCCCC. The van der Waals surface area contributed by atoms with Crippen LogP contribution in [0.15, 0.2) is 0 Å². The summed E-state index contributed by atoms with van der Waals surface area (Å²) < 4.78 is 8.49. The molecule has 0 bridgehead atoms. The third-order valence-corrected chi connectivity index (χ3v) is 31.1. The van der Waals surface area contributed by atoms with E-state index in [9.17, 15) is 0 Å². The fraction of sp³-hybridized carbons (Fsp3) is 1.00. The number of unbranched alkanes of at least 4 members (excludes halogenated alkanes) is 60. The summed E-state index contributed by atoms with van der Waals surface area (Å²) in [6.07, 6.45) is 95.0. The molecule has 0 radical (unpaired) electrons. The van der Waals surface area contributed by atoms with Crippen LogP contribution in [0.25, 0.3) is 0 Å². The lowest BCUT2D eigenvalue weighted by Gasteiger charge is -2.44. The summed E-state index contributed by atoms with van der Waals surface area (Å²) in [5.41, 5.74) is 13.1. The Morgan fingerprint density at radius 3 is 0.386 bits per heavy atom. The van der Waals surface area contributed by atoms with Crippen molar-refractivity contribution in [2.45, 2.75) is 488 Å². The zero-order chi connectivity index (χ0) is 60.0. The van der Waals surface area contributed by atoms with Gasteiger partial charge >= 0.3 is 0 Å². The van der Waals surface area contributed by atoms with Crippen LogP contribution in [0.1, 0.15) is 451 Å². The molecule has 0 aliphatic rings. The average molecular weight is 1200 g/mol. The normalized spacial score (nSPS) is 12.2. The van der Waals surface area contributed by atoms with Crippen LogP contribution < -0.4 is 11.5 Å². The van der Waals surface area contributed by atoms with Crippen molar-refractivity contribution >= 4 is 16.6 Å². The molecule has 5 heteroatoms. The molecular formula is C78H164N2OSi2. The van der Waals surface area contributed by atoms with E-state index in [-0.39, 0.29) is 0 Å². The summed E-state index contributed by atoms with van der Waals surface area (Å²) in [6.45, 7) is 11.0. The molecule has 0 aliphatic carbocycles. The lowest BCUT2D eigenvalue weighted by molar-refractivity contribution is 0.465. The van der Waals surface area contributed by atoms with E-state index in [1.165, 1.54) is 460 Å². The molecule has 0 spiro atoms. The van der Waals surface area contributed by atoms with Crippen LogP contribution in [0.4, 0.5) is 0 Å². The highest BCUT2D eigenvalue weighted by atomic mass is 28.4. The van der Waals surface area contributed by atoms with Crippen LogP contribution in [0.2, 0.25) is 36.3 Å². The summed E-state index contributed by atoms with van der Waals surface area (Å²) in [5.74, 6) is 0. The third kappa shape index (κ3) is 62.3. The molecule has 0 unspecified atom stereocenters. The molecule has 4 N–H and O–H groups in total. The van der Waals surface area contributed by atoms with E-state index in [1.807, 2.05) is 0 Å². The summed E-state index contributed by atoms with van der Waals surface area (Å²) in [4.78, 5) is 0. The largest absolute Gasteiger partial charge is 0.455 e. The van der Waals surface area contributed by atoms with E-state index in [0.29, 0.717) is 0 Å². The lowest BCUT2D eigenvalue weighted by Crippen LogP contribution is -2.52. The van der Waals surface area contributed by atoms with Gasteiger partial charge in [-0.1, -0.05) is 439 Å². The van der Waals surface area contributed by atoms with Crippen LogP contribution >= 0.6 is 0 Å². The smallest absolute Gasteiger partial charge is 0.179 e. The Kier molecular flexibility index (Phi) is 71.7. The van der Waals surface area contributed by atoms with Crippen molar-refractivity contribution in [1.29, 1.82) is 0 Å². The molecule has 3 nitrogen and oxygen atoms in total. The van der Waals surface area contributed by atoms with Gasteiger partial charge in [-0.2, -0.15) is 0 Å². The Hall–Kier alpha value is 0.314. The molecule has 500 valence electrons. The van der Waals surface area contributed by atoms with E-state index in [4.69, 9.17) is 15.6 Å². The van der Waals surface area contributed by atoms with E-state index < -0.39 is 16.6 Å². The van der Waals surface area contributed by atoms with Gasteiger partial charge in [0.1, 0.15) is 0 Å². The van der Waals surface area contributed by atoms with Gasteiger partial charge in [0, 0.05) is 0 Å². The van der Waals surface area contributed by atoms with Gasteiger partial charge in [-0.05, 0) is 62.2 Å². The minimum Gasteiger partial charge on any atom is -0.455 e. The molecular weight excluding hydrogens is 1040 g/mol. The van der Waals surface area contributed by atoms with Gasteiger partial charge in [0.2, 0.25) is 0 Å². The van der Waals surface area contributed by atoms with Gasteiger partial charge in [0.15, 0.2) is 16.6 Å². The zero-order valence-electron chi connectivity index (χ0n) is 58.9. The van der Waals surface area contributed by atoms with Crippen molar-refractivity contribution in [1.82, 2.24) is 0 Å². The Morgan fingerprint density at radius 2 is 0.265 bits per heavy atom. The monoisotopic (exact) mass is 1200 g/mol. The standard InChI is InChI=1S/C78H164N2OSi2/c1-5-9-13-17-21-25-29-33-37-41-45-49-53-57-61-65-73-82(77-69-71-79,74-66-62-58-54-50-46-42-38-34-30-26-22-18-14-10-6-2)81-83(78-70-72-80,75-67-63-59-55-51-47-43-39-35-31-27-23-19-15-11-7-3)76-68-64-60-56-52-48-44-40-36-32-28-24-20-16-12-8-4/h5-80H2,1-4H3. The fourth-order valence-corrected chi connectivity index (χ4v) is 27.2. The van der Waals surface area contributed by atoms with Crippen LogP contribution in [0, 0.1) is 0 Å². The molecule has 0 saturated heterocycles. The lowest BCUT2D eigenvalue weighted by atomic mass is 10.0. The Labute approximate surface area is 530 Å². The predicted octanol–water partition coefficient (Wildman–Crippen LogP) is 28.6. The van der Waals surface area contributed by atoms with Gasteiger partial charge in [-0.25, -0.2) is 0 Å². The second-order valence-corrected chi connectivity index (χ2v) is 37.0. The second-order valence-electron chi connectivity index (χ2n) is 28.5. The molecule has 0 fully saturated rings. The third-order valence-electron chi connectivity index (χ3n) is 20.0. The zero-order valence-corrected chi connectivity index (χ0v) is 60.9. The van der Waals surface area contributed by atoms with E-state index in [1.54, 1.807) is 0 Å². The van der Waals surface area contributed by atoms with Crippen LogP contribution in [-0.2, 0) is 4.12 Å². The first-order chi connectivity index (χ1) is 41.1. The topological polar surface area (TPSA) is 61.3 Å². The van der Waals surface area contributed by atoms with Crippen molar-refractivity contribution in [3.8, 4) is 0 Å². The maximum atomic E-state index is 8.49. The highest BCUT2D eigenvalue weighted by Gasteiger charge is 2.43. The molecule has 0 amide bonds. The average Bonchev–Trinajstić information content (AvgIpc) is 3.49. The quantitative estimate of drug-likeness (QED) is 0.0471. The molecule has 0 aromatic carbocycles. The van der Waals surface area contributed by atoms with E-state index in [2.05, 4.69) is 27.7 Å². The van der Waals surface area contributed by atoms with Crippen molar-refractivity contribution < 1.29 is 4.12 Å². The van der Waals surface area contributed by atoms with Crippen molar-refractivity contribution in [2.24, 2.45) is 11.5 Å². The minimum atomic E-state index is -2.00. The number of rotatable bonds is 76. The van der Waals surface area contributed by atoms with Gasteiger partial charge < -0.3 is 15.6 Å². The minimum absolute atomic E-state index is 0.839. The molecule has 0 aromatic heterocycles. The number of nitrogens with two attached hydrogens (primary N) is 2. The van der Waals surface area contributed by atoms with Crippen molar-refractivity contribution in [2.75, 3.05) is 13.1 Å². The molecule has 0 atom stereocenters. The van der Waals surface area contributed by atoms with Crippen molar-refractivity contribution in [3.63, 3.8) is 0 Å². The summed E-state index contributed by atoms with van der Waals surface area (Å²) >= 11 is 0. The second kappa shape index (κ2) is 71.4. The first-order valence-corrected chi connectivity index (χ1v) is 45.2. The van der Waals surface area contributed by atoms with E-state index >= 15 is 0 Å². The summed E-state index contributed by atoms with van der Waals surface area (Å²) in [5, 5.41) is 0. The van der Waals surface area contributed by atoms with E-state index in [0.717, 1.165) is 13.1 Å². The molecule has 0 saturated carbocycles. The molecule has 0 aliphatic heterocycles. The highest BCUT2D eigenvalue weighted by molar-refractivity contribution is 6.87. The van der Waals surface area contributed by atoms with Crippen molar-refractivity contribution in [3.05, 3.63) is 0 Å². The Morgan fingerprint density at radius 1 is 0.157 bits per heavy atom.